The van der Waals surface area contributed by atoms with Crippen molar-refractivity contribution in [2.45, 2.75) is 37.9 Å². The first-order chi connectivity index (χ1) is 22.7. The van der Waals surface area contributed by atoms with E-state index in [2.05, 4.69) is 0 Å². The van der Waals surface area contributed by atoms with Gasteiger partial charge in [0.2, 0.25) is 0 Å². The van der Waals surface area contributed by atoms with Gasteiger partial charge in [-0.1, -0.05) is 36.4 Å². The van der Waals surface area contributed by atoms with Crippen LogP contribution in [0.1, 0.15) is 25.7 Å². The van der Waals surface area contributed by atoms with Crippen molar-refractivity contribution in [3.63, 3.8) is 0 Å². The number of rotatable bonds is 28. The van der Waals surface area contributed by atoms with E-state index in [4.69, 9.17) is 37.9 Å². The summed E-state index contributed by atoms with van der Waals surface area (Å²) in [5.74, 6) is 2.98. The van der Waals surface area contributed by atoms with E-state index >= 15 is 0 Å². The van der Waals surface area contributed by atoms with E-state index in [-0.39, 0.29) is 26.4 Å². The van der Waals surface area contributed by atoms with E-state index in [0.29, 0.717) is 52.9 Å². The summed E-state index contributed by atoms with van der Waals surface area (Å²) >= 11 is 0. The van der Waals surface area contributed by atoms with Gasteiger partial charge in [0.05, 0.1) is 26.4 Å². The number of benzene rings is 3. The third-order valence-electron chi connectivity index (χ3n) is 6.46. The van der Waals surface area contributed by atoms with Crippen LogP contribution in [0.3, 0.4) is 0 Å². The molecule has 0 aromatic heterocycles. The predicted molar refractivity (Wildman–Crippen MR) is 175 cm³/mol. The Balaban J connectivity index is 1.04. The third-order valence-corrected chi connectivity index (χ3v) is 6.46. The summed E-state index contributed by atoms with van der Waals surface area (Å²) in [6.45, 7) is 5.24. The fraction of sp³-hybridized carbons (Fsp3) is 0.500. The van der Waals surface area contributed by atoms with E-state index in [0.717, 1.165) is 48.7 Å². The van der Waals surface area contributed by atoms with Crippen LogP contribution in [0.2, 0.25) is 0 Å². The normalized spacial score (nSPS) is 12.4. The van der Waals surface area contributed by atoms with Gasteiger partial charge in [-0.05, 0) is 74.2 Å². The van der Waals surface area contributed by atoms with Crippen LogP contribution in [-0.2, 0) is 18.9 Å². The van der Waals surface area contributed by atoms with Crippen molar-refractivity contribution in [2.24, 2.45) is 0 Å². The molecule has 3 rings (SSSR count). The van der Waals surface area contributed by atoms with Gasteiger partial charge in [0.1, 0.15) is 61.6 Å². The van der Waals surface area contributed by atoms with Crippen molar-refractivity contribution >= 4 is 0 Å². The lowest BCUT2D eigenvalue weighted by Gasteiger charge is -2.13. The maximum absolute atomic E-state index is 9.94. The molecule has 0 spiro atoms. The summed E-state index contributed by atoms with van der Waals surface area (Å²) in [4.78, 5) is 0. The molecule has 10 nitrogen and oxygen atoms in total. The molecule has 0 saturated heterocycles. The fourth-order valence-corrected chi connectivity index (χ4v) is 4.04. The number of aliphatic hydroxyl groups is 2. The van der Waals surface area contributed by atoms with Gasteiger partial charge < -0.3 is 48.1 Å². The molecule has 0 amide bonds. The van der Waals surface area contributed by atoms with Gasteiger partial charge in [0.15, 0.2) is 0 Å². The van der Waals surface area contributed by atoms with E-state index < -0.39 is 12.2 Å². The Kier molecular flexibility index (Phi) is 20.0. The highest BCUT2D eigenvalue weighted by molar-refractivity contribution is 5.31. The highest BCUT2D eigenvalue weighted by Crippen LogP contribution is 2.17. The monoisotopic (exact) mass is 642 g/mol. The smallest absolute Gasteiger partial charge is 0.119 e. The minimum atomic E-state index is -0.656. The van der Waals surface area contributed by atoms with Crippen LogP contribution in [-0.4, -0.2) is 102 Å². The van der Waals surface area contributed by atoms with Gasteiger partial charge in [-0.15, -0.1) is 0 Å². The first kappa shape index (κ1) is 37.1. The SMILES string of the molecule is OC(COCCCCOCCOc1ccc(OCCOCCCCOCC(O)COc2ccccc2)cc1)COc1ccccc1. The Morgan fingerprint density at radius 1 is 0.348 bits per heavy atom. The van der Waals surface area contributed by atoms with E-state index in [1.807, 2.05) is 84.9 Å². The summed E-state index contributed by atoms with van der Waals surface area (Å²) < 4.78 is 44.8. The van der Waals surface area contributed by atoms with Crippen LogP contribution in [0.4, 0.5) is 0 Å². The molecule has 2 N–H and O–H groups in total. The fourth-order valence-electron chi connectivity index (χ4n) is 4.04. The lowest BCUT2D eigenvalue weighted by molar-refractivity contribution is 0.00887. The molecule has 10 heteroatoms. The van der Waals surface area contributed by atoms with Gasteiger partial charge in [0.25, 0.3) is 0 Å². The molecule has 0 radical (unpaired) electrons. The summed E-state index contributed by atoms with van der Waals surface area (Å²) in [7, 11) is 0. The summed E-state index contributed by atoms with van der Waals surface area (Å²) in [5, 5.41) is 19.9. The topological polar surface area (TPSA) is 114 Å². The van der Waals surface area contributed by atoms with Crippen molar-refractivity contribution < 1.29 is 48.1 Å². The number of para-hydroxylation sites is 2. The minimum absolute atomic E-state index is 0.206. The predicted octanol–water partition coefficient (Wildman–Crippen LogP) is 4.95. The Morgan fingerprint density at radius 3 is 1.09 bits per heavy atom. The quantitative estimate of drug-likeness (QED) is 0.106. The third kappa shape index (κ3) is 18.6. The first-order valence-corrected chi connectivity index (χ1v) is 16.1. The van der Waals surface area contributed by atoms with Crippen LogP contribution in [0.15, 0.2) is 84.9 Å². The van der Waals surface area contributed by atoms with Crippen LogP contribution < -0.4 is 18.9 Å². The molecule has 0 bridgehead atoms. The molecule has 0 saturated carbocycles. The van der Waals surface area contributed by atoms with E-state index in [9.17, 15) is 10.2 Å². The summed E-state index contributed by atoms with van der Waals surface area (Å²) in [6, 6.07) is 26.3. The molecule has 3 aromatic rings. The first-order valence-electron chi connectivity index (χ1n) is 16.1. The van der Waals surface area contributed by atoms with Crippen molar-refractivity contribution in [1.82, 2.24) is 0 Å². The standard InChI is InChI=1S/C36H50O10/c37-31(29-45-33-11-3-1-4-12-33)27-41-21-9-7-19-39-23-25-43-35-15-17-36(18-16-35)44-26-24-40-20-8-10-22-42-28-32(38)30-46-34-13-5-2-6-14-34/h1-6,11-18,31-32,37-38H,7-10,19-30H2. The van der Waals surface area contributed by atoms with Gasteiger partial charge in [-0.2, -0.15) is 0 Å². The number of hydrogen-bond donors (Lipinski definition) is 2. The summed E-state index contributed by atoms with van der Waals surface area (Å²) in [5.41, 5.74) is 0. The van der Waals surface area contributed by atoms with Crippen molar-refractivity contribution in [2.75, 3.05) is 79.3 Å². The molecule has 0 heterocycles. The molecule has 0 aliphatic heterocycles. The number of aliphatic hydroxyl groups excluding tert-OH is 2. The van der Waals surface area contributed by atoms with Crippen molar-refractivity contribution in [1.29, 1.82) is 0 Å². The number of ether oxygens (including phenoxy) is 8. The highest BCUT2D eigenvalue weighted by atomic mass is 16.5. The average Bonchev–Trinajstić information content (AvgIpc) is 3.09. The maximum Gasteiger partial charge on any atom is 0.119 e. The highest BCUT2D eigenvalue weighted by Gasteiger charge is 2.07. The molecular weight excluding hydrogens is 592 g/mol. The Hall–Kier alpha value is -3.38. The molecule has 0 fully saturated rings. The number of unbranched alkanes of at least 4 members (excludes halogenated alkanes) is 2. The molecule has 3 aromatic carbocycles. The lowest BCUT2D eigenvalue weighted by Crippen LogP contribution is -2.23. The Morgan fingerprint density at radius 2 is 0.696 bits per heavy atom. The molecule has 2 atom stereocenters. The van der Waals surface area contributed by atoms with Gasteiger partial charge in [-0.3, -0.25) is 0 Å². The lowest BCUT2D eigenvalue weighted by atomic mass is 10.3. The molecule has 2 unspecified atom stereocenters. The van der Waals surface area contributed by atoms with Gasteiger partial charge in [0, 0.05) is 26.4 Å². The largest absolute Gasteiger partial charge is 0.491 e. The van der Waals surface area contributed by atoms with E-state index in [1.54, 1.807) is 0 Å². The summed E-state index contributed by atoms with van der Waals surface area (Å²) in [6.07, 6.45) is 2.14. The Labute approximate surface area is 273 Å². The molecule has 0 aliphatic rings. The van der Waals surface area contributed by atoms with Crippen LogP contribution >= 0.6 is 0 Å². The van der Waals surface area contributed by atoms with Gasteiger partial charge in [-0.25, -0.2) is 0 Å². The zero-order valence-corrected chi connectivity index (χ0v) is 26.7. The molecule has 254 valence electrons. The van der Waals surface area contributed by atoms with Crippen LogP contribution in [0.25, 0.3) is 0 Å². The average molecular weight is 643 g/mol. The zero-order valence-electron chi connectivity index (χ0n) is 26.7. The second kappa shape index (κ2) is 24.8. The van der Waals surface area contributed by atoms with E-state index in [1.165, 1.54) is 0 Å². The second-order valence-corrected chi connectivity index (χ2v) is 10.5. The second-order valence-electron chi connectivity index (χ2n) is 10.5. The van der Waals surface area contributed by atoms with Crippen LogP contribution in [0.5, 0.6) is 23.0 Å². The number of hydrogen-bond acceptors (Lipinski definition) is 10. The van der Waals surface area contributed by atoms with Gasteiger partial charge >= 0.3 is 0 Å². The van der Waals surface area contributed by atoms with Crippen molar-refractivity contribution in [3.8, 4) is 23.0 Å². The van der Waals surface area contributed by atoms with Crippen LogP contribution in [0, 0.1) is 0 Å². The molecular formula is C36H50O10. The zero-order chi connectivity index (χ0) is 32.3. The molecule has 46 heavy (non-hydrogen) atoms. The minimum Gasteiger partial charge on any atom is -0.491 e. The molecule has 0 aliphatic carbocycles. The Bertz CT molecular complexity index is 1010. The maximum atomic E-state index is 9.94. The van der Waals surface area contributed by atoms with Crippen molar-refractivity contribution in [3.05, 3.63) is 84.9 Å².